The van der Waals surface area contributed by atoms with Gasteiger partial charge in [-0.25, -0.2) is 0 Å². The van der Waals surface area contributed by atoms with Crippen LogP contribution in [-0.4, -0.2) is 12.6 Å². The summed E-state index contributed by atoms with van der Waals surface area (Å²) in [6.45, 7) is 4.94. The van der Waals surface area contributed by atoms with Crippen LogP contribution in [0.1, 0.15) is 30.9 Å². The minimum atomic E-state index is 0.0832. The molecule has 4 N–H and O–H groups in total. The van der Waals surface area contributed by atoms with Crippen molar-refractivity contribution < 1.29 is 0 Å². The molecule has 2 heteroatoms. The molecule has 0 fully saturated rings. The number of benzene rings is 1. The first-order valence-electron chi connectivity index (χ1n) is 5.18. The molecule has 14 heavy (non-hydrogen) atoms. The molecule has 0 saturated heterocycles. The molecule has 1 unspecified atom stereocenters. The first kappa shape index (κ1) is 11.2. The Morgan fingerprint density at radius 2 is 1.71 bits per heavy atom. The maximum absolute atomic E-state index is 5.78. The van der Waals surface area contributed by atoms with Crippen LogP contribution in [0.15, 0.2) is 24.3 Å². The van der Waals surface area contributed by atoms with E-state index in [9.17, 15) is 0 Å². The fraction of sp³-hybridized carbons (Fsp3) is 0.500. The van der Waals surface area contributed by atoms with Crippen LogP contribution in [0.5, 0.6) is 0 Å². The van der Waals surface area contributed by atoms with Gasteiger partial charge in [0.1, 0.15) is 0 Å². The lowest BCUT2D eigenvalue weighted by atomic mass is 9.99. The van der Waals surface area contributed by atoms with Gasteiger partial charge in [-0.3, -0.25) is 0 Å². The van der Waals surface area contributed by atoms with Gasteiger partial charge in [0.25, 0.3) is 0 Å². The van der Waals surface area contributed by atoms with Crippen LogP contribution in [0.3, 0.4) is 0 Å². The Morgan fingerprint density at radius 1 is 1.14 bits per heavy atom. The molecule has 1 aromatic rings. The largest absolute Gasteiger partial charge is 0.329 e. The summed E-state index contributed by atoms with van der Waals surface area (Å²) in [5, 5.41) is 0. The molecule has 0 aromatic heterocycles. The maximum atomic E-state index is 5.78. The topological polar surface area (TPSA) is 52.0 Å². The fourth-order valence-corrected chi connectivity index (χ4v) is 1.42. The predicted molar refractivity (Wildman–Crippen MR) is 61.3 cm³/mol. The molecule has 78 valence electrons. The molecule has 0 spiro atoms. The lowest BCUT2D eigenvalue weighted by Gasteiger charge is -2.10. The summed E-state index contributed by atoms with van der Waals surface area (Å²) in [5.74, 6) is 0.590. The van der Waals surface area contributed by atoms with E-state index in [0.29, 0.717) is 12.5 Å². The van der Waals surface area contributed by atoms with Crippen LogP contribution < -0.4 is 11.5 Å². The van der Waals surface area contributed by atoms with Crippen LogP contribution in [0.4, 0.5) is 0 Å². The van der Waals surface area contributed by atoms with Crippen molar-refractivity contribution in [1.82, 2.24) is 0 Å². The van der Waals surface area contributed by atoms with Gasteiger partial charge in [-0.1, -0.05) is 38.1 Å². The van der Waals surface area contributed by atoms with E-state index < -0.39 is 0 Å². The number of nitrogens with two attached hydrogens (primary N) is 2. The second-order valence-electron chi connectivity index (χ2n) is 4.10. The van der Waals surface area contributed by atoms with Crippen LogP contribution in [0, 0.1) is 0 Å². The summed E-state index contributed by atoms with van der Waals surface area (Å²) >= 11 is 0. The monoisotopic (exact) mass is 192 g/mol. The summed E-state index contributed by atoms with van der Waals surface area (Å²) in [5.41, 5.74) is 13.9. The zero-order valence-electron chi connectivity index (χ0n) is 9.03. The van der Waals surface area contributed by atoms with Crippen molar-refractivity contribution in [1.29, 1.82) is 0 Å². The van der Waals surface area contributed by atoms with Gasteiger partial charge in [0.15, 0.2) is 0 Å². The highest BCUT2D eigenvalue weighted by molar-refractivity contribution is 5.25. The van der Waals surface area contributed by atoms with Gasteiger partial charge in [0, 0.05) is 12.6 Å². The lowest BCUT2D eigenvalue weighted by molar-refractivity contribution is 0.678. The molecule has 0 amide bonds. The number of hydrogen-bond donors (Lipinski definition) is 2. The van der Waals surface area contributed by atoms with Crippen LogP contribution in [-0.2, 0) is 6.42 Å². The van der Waals surface area contributed by atoms with Crippen LogP contribution in [0.25, 0.3) is 0 Å². The van der Waals surface area contributed by atoms with Gasteiger partial charge in [-0.05, 0) is 23.5 Å². The van der Waals surface area contributed by atoms with Gasteiger partial charge in [0.05, 0.1) is 0 Å². The van der Waals surface area contributed by atoms with Gasteiger partial charge >= 0.3 is 0 Å². The van der Waals surface area contributed by atoms with E-state index in [2.05, 4.69) is 38.1 Å². The Morgan fingerprint density at radius 3 is 2.14 bits per heavy atom. The molecule has 1 atom stereocenters. The third-order valence-electron chi connectivity index (χ3n) is 2.45. The molecule has 1 rings (SSSR count). The molecule has 0 heterocycles. The molecule has 0 aliphatic carbocycles. The second kappa shape index (κ2) is 5.13. The third kappa shape index (κ3) is 3.13. The van der Waals surface area contributed by atoms with E-state index in [0.717, 1.165) is 6.42 Å². The molecule has 0 aliphatic rings. The van der Waals surface area contributed by atoms with Gasteiger partial charge < -0.3 is 11.5 Å². The molecule has 0 radical (unpaired) electrons. The highest BCUT2D eigenvalue weighted by Crippen LogP contribution is 2.15. The summed E-state index contributed by atoms with van der Waals surface area (Å²) in [7, 11) is 0. The lowest BCUT2D eigenvalue weighted by Crippen LogP contribution is -2.31. The first-order valence-corrected chi connectivity index (χ1v) is 5.18. The highest BCUT2D eigenvalue weighted by atomic mass is 14.7. The average molecular weight is 192 g/mol. The second-order valence-corrected chi connectivity index (χ2v) is 4.10. The minimum Gasteiger partial charge on any atom is -0.329 e. The van der Waals surface area contributed by atoms with E-state index in [1.54, 1.807) is 0 Å². The SMILES string of the molecule is CC(C)c1ccc(CC(N)CN)cc1. The van der Waals surface area contributed by atoms with Crippen LogP contribution in [0.2, 0.25) is 0 Å². The zero-order valence-corrected chi connectivity index (χ0v) is 9.03. The van der Waals surface area contributed by atoms with E-state index >= 15 is 0 Å². The Bertz CT molecular complexity index is 264. The number of hydrogen-bond acceptors (Lipinski definition) is 2. The molecular weight excluding hydrogens is 172 g/mol. The number of rotatable bonds is 4. The normalized spacial score (nSPS) is 13.2. The third-order valence-corrected chi connectivity index (χ3v) is 2.45. The van der Waals surface area contributed by atoms with E-state index in [1.165, 1.54) is 11.1 Å². The maximum Gasteiger partial charge on any atom is 0.0203 e. The smallest absolute Gasteiger partial charge is 0.0203 e. The Hall–Kier alpha value is -0.860. The summed E-state index contributed by atoms with van der Waals surface area (Å²) < 4.78 is 0. The van der Waals surface area contributed by atoms with Crippen molar-refractivity contribution in [2.75, 3.05) is 6.54 Å². The quantitative estimate of drug-likeness (QED) is 0.762. The Labute approximate surface area is 86.3 Å². The summed E-state index contributed by atoms with van der Waals surface area (Å²) in [4.78, 5) is 0. The molecule has 0 aliphatic heterocycles. The fourth-order valence-electron chi connectivity index (χ4n) is 1.42. The minimum absolute atomic E-state index is 0.0832. The van der Waals surface area contributed by atoms with Gasteiger partial charge in [-0.2, -0.15) is 0 Å². The van der Waals surface area contributed by atoms with Crippen molar-refractivity contribution >= 4 is 0 Å². The highest BCUT2D eigenvalue weighted by Gasteiger charge is 2.02. The summed E-state index contributed by atoms with van der Waals surface area (Å²) in [6.07, 6.45) is 0.870. The zero-order chi connectivity index (χ0) is 10.6. The summed E-state index contributed by atoms with van der Waals surface area (Å²) in [6, 6.07) is 8.71. The van der Waals surface area contributed by atoms with Gasteiger partial charge in [-0.15, -0.1) is 0 Å². The van der Waals surface area contributed by atoms with E-state index in [4.69, 9.17) is 11.5 Å². The van der Waals surface area contributed by atoms with Crippen molar-refractivity contribution in [3.63, 3.8) is 0 Å². The standard InChI is InChI=1S/C12H20N2/c1-9(2)11-5-3-10(4-6-11)7-12(14)8-13/h3-6,9,12H,7-8,13-14H2,1-2H3. The van der Waals surface area contributed by atoms with Crippen molar-refractivity contribution in [3.8, 4) is 0 Å². The molecular formula is C12H20N2. The van der Waals surface area contributed by atoms with Crippen molar-refractivity contribution in [3.05, 3.63) is 35.4 Å². The molecule has 0 saturated carbocycles. The molecule has 1 aromatic carbocycles. The first-order chi connectivity index (χ1) is 6.63. The molecule has 0 bridgehead atoms. The average Bonchev–Trinajstić information content (AvgIpc) is 2.18. The Balaban J connectivity index is 2.64. The van der Waals surface area contributed by atoms with E-state index in [-0.39, 0.29) is 6.04 Å². The Kier molecular flexibility index (Phi) is 4.11. The van der Waals surface area contributed by atoms with Crippen LogP contribution >= 0.6 is 0 Å². The van der Waals surface area contributed by atoms with Crippen molar-refractivity contribution in [2.45, 2.75) is 32.2 Å². The van der Waals surface area contributed by atoms with E-state index in [1.807, 2.05) is 0 Å². The predicted octanol–water partition coefficient (Wildman–Crippen LogP) is 1.64. The molecule has 2 nitrogen and oxygen atoms in total. The van der Waals surface area contributed by atoms with Gasteiger partial charge in [0.2, 0.25) is 0 Å². The van der Waals surface area contributed by atoms with Crippen molar-refractivity contribution in [2.24, 2.45) is 11.5 Å².